The van der Waals surface area contributed by atoms with Crippen LogP contribution in [0.25, 0.3) is 0 Å². The minimum Gasteiger partial charge on any atom is -0.295 e. The zero-order chi connectivity index (χ0) is 6.41. The van der Waals surface area contributed by atoms with Gasteiger partial charge in [0.1, 0.15) is 0 Å². The molecule has 0 aromatic carbocycles. The molecular formula is C6H7BrO. The maximum atomic E-state index is 10.2. The van der Waals surface area contributed by atoms with Crippen LogP contribution in [0.4, 0.5) is 0 Å². The highest BCUT2D eigenvalue weighted by molar-refractivity contribution is 9.11. The van der Waals surface area contributed by atoms with Gasteiger partial charge in [0.2, 0.25) is 0 Å². The first kappa shape index (κ1) is 7.63. The van der Waals surface area contributed by atoms with Crippen molar-refractivity contribution < 1.29 is 4.79 Å². The van der Waals surface area contributed by atoms with Gasteiger partial charge in [-0.3, -0.25) is 4.79 Å². The molecule has 0 radical (unpaired) electrons. The van der Waals surface area contributed by atoms with Crippen molar-refractivity contribution in [2.45, 2.75) is 6.92 Å². The van der Waals surface area contributed by atoms with Crippen LogP contribution in [-0.2, 0) is 4.79 Å². The molecule has 2 heteroatoms. The second-order valence-electron chi connectivity index (χ2n) is 1.29. The Balaban J connectivity index is 3.50. The largest absolute Gasteiger partial charge is 0.295 e. The molecule has 0 N–H and O–H groups in total. The van der Waals surface area contributed by atoms with Crippen LogP contribution in [-0.4, -0.2) is 5.78 Å². The summed E-state index contributed by atoms with van der Waals surface area (Å²) >= 11 is 3.06. The third kappa shape index (κ3) is 5.63. The molecule has 0 saturated carbocycles. The fourth-order valence-corrected chi connectivity index (χ4v) is 0.409. The summed E-state index contributed by atoms with van der Waals surface area (Å²) in [5.41, 5.74) is 0. The van der Waals surface area contributed by atoms with Gasteiger partial charge in [0.15, 0.2) is 5.78 Å². The predicted molar refractivity (Wildman–Crippen MR) is 37.9 cm³/mol. The second kappa shape index (κ2) is 4.78. The van der Waals surface area contributed by atoms with E-state index < -0.39 is 0 Å². The topological polar surface area (TPSA) is 17.1 Å². The van der Waals surface area contributed by atoms with Crippen LogP contribution in [0, 0.1) is 0 Å². The maximum absolute atomic E-state index is 10.2. The lowest BCUT2D eigenvalue weighted by molar-refractivity contribution is -0.112. The summed E-state index contributed by atoms with van der Waals surface area (Å²) < 4.78 is 0. The van der Waals surface area contributed by atoms with Crippen LogP contribution in [0.1, 0.15) is 6.92 Å². The highest BCUT2D eigenvalue weighted by atomic mass is 79.9. The molecular weight excluding hydrogens is 168 g/mol. The Hall–Kier alpha value is -0.370. The van der Waals surface area contributed by atoms with Crippen molar-refractivity contribution in [3.05, 3.63) is 23.2 Å². The van der Waals surface area contributed by atoms with E-state index in [1.807, 2.05) is 0 Å². The van der Waals surface area contributed by atoms with Crippen molar-refractivity contribution in [3.8, 4) is 0 Å². The third-order valence-electron chi connectivity index (χ3n) is 0.515. The molecule has 0 atom stereocenters. The average Bonchev–Trinajstić information content (AvgIpc) is 1.66. The molecule has 44 valence electrons. The number of carbonyl (C=O) groups excluding carboxylic acids is 1. The highest BCUT2D eigenvalue weighted by Crippen LogP contribution is 1.83. The Kier molecular flexibility index (Phi) is 4.56. The lowest BCUT2D eigenvalue weighted by Gasteiger charge is -1.71. The van der Waals surface area contributed by atoms with E-state index in [2.05, 4.69) is 15.9 Å². The number of rotatable bonds is 2. The average molecular weight is 175 g/mol. The summed E-state index contributed by atoms with van der Waals surface area (Å²) in [6.45, 7) is 1.51. The number of halogens is 1. The number of ketones is 1. The van der Waals surface area contributed by atoms with Gasteiger partial charge < -0.3 is 0 Å². The summed E-state index contributed by atoms with van der Waals surface area (Å²) in [6, 6.07) is 0. The maximum Gasteiger partial charge on any atom is 0.152 e. The lowest BCUT2D eigenvalue weighted by Crippen LogP contribution is -1.76. The molecule has 0 aliphatic carbocycles. The van der Waals surface area contributed by atoms with Crippen LogP contribution in [0.15, 0.2) is 23.2 Å². The summed E-state index contributed by atoms with van der Waals surface area (Å²) in [7, 11) is 0. The van der Waals surface area contributed by atoms with Gasteiger partial charge in [-0.2, -0.15) is 0 Å². The molecule has 0 aromatic rings. The van der Waals surface area contributed by atoms with Crippen LogP contribution in [0.2, 0.25) is 0 Å². The van der Waals surface area contributed by atoms with Gasteiger partial charge in [-0.1, -0.05) is 28.1 Å². The minimum absolute atomic E-state index is 0.0654. The molecule has 0 amide bonds. The third-order valence-corrected chi connectivity index (χ3v) is 0.820. The van der Waals surface area contributed by atoms with Crippen molar-refractivity contribution in [2.24, 2.45) is 0 Å². The molecule has 0 aliphatic rings. The molecule has 0 spiro atoms. The first-order valence-corrected chi connectivity index (χ1v) is 3.13. The molecule has 0 unspecified atom stereocenters. The summed E-state index contributed by atoms with van der Waals surface area (Å²) in [6.07, 6.45) is 4.91. The SMILES string of the molecule is CC(=O)/C=C\C=C/Br. The molecule has 0 aromatic heterocycles. The number of hydrogen-bond donors (Lipinski definition) is 0. The minimum atomic E-state index is 0.0654. The van der Waals surface area contributed by atoms with Crippen molar-refractivity contribution in [1.82, 2.24) is 0 Å². The van der Waals surface area contributed by atoms with Gasteiger partial charge in [0, 0.05) is 0 Å². The Morgan fingerprint density at radius 2 is 2.12 bits per heavy atom. The van der Waals surface area contributed by atoms with E-state index in [0.29, 0.717) is 0 Å². The Bertz CT molecular complexity index is 124. The van der Waals surface area contributed by atoms with E-state index in [4.69, 9.17) is 0 Å². The first-order chi connectivity index (χ1) is 3.77. The van der Waals surface area contributed by atoms with Crippen LogP contribution < -0.4 is 0 Å². The zero-order valence-electron chi connectivity index (χ0n) is 4.60. The van der Waals surface area contributed by atoms with Crippen molar-refractivity contribution in [3.63, 3.8) is 0 Å². The van der Waals surface area contributed by atoms with Crippen LogP contribution >= 0.6 is 15.9 Å². The van der Waals surface area contributed by atoms with Gasteiger partial charge in [-0.15, -0.1) is 0 Å². The van der Waals surface area contributed by atoms with Crippen molar-refractivity contribution in [2.75, 3.05) is 0 Å². The quantitative estimate of drug-likeness (QED) is 0.463. The molecule has 0 fully saturated rings. The van der Waals surface area contributed by atoms with E-state index in [0.717, 1.165) is 0 Å². The van der Waals surface area contributed by atoms with Crippen LogP contribution in [0.5, 0.6) is 0 Å². The van der Waals surface area contributed by atoms with Gasteiger partial charge in [0.25, 0.3) is 0 Å². The number of allylic oxidation sites excluding steroid dienone is 3. The zero-order valence-corrected chi connectivity index (χ0v) is 6.18. The van der Waals surface area contributed by atoms with E-state index in [1.165, 1.54) is 13.0 Å². The van der Waals surface area contributed by atoms with Gasteiger partial charge in [-0.05, 0) is 18.0 Å². The number of hydrogen-bond acceptors (Lipinski definition) is 1. The van der Waals surface area contributed by atoms with Crippen molar-refractivity contribution in [1.29, 1.82) is 0 Å². The number of carbonyl (C=O) groups is 1. The molecule has 0 saturated heterocycles. The Morgan fingerprint density at radius 3 is 2.50 bits per heavy atom. The second-order valence-corrected chi connectivity index (χ2v) is 1.82. The fourth-order valence-electron chi connectivity index (χ4n) is 0.233. The van der Waals surface area contributed by atoms with Crippen LogP contribution in [0.3, 0.4) is 0 Å². The molecule has 0 rings (SSSR count). The monoisotopic (exact) mass is 174 g/mol. The Labute approximate surface area is 57.2 Å². The van der Waals surface area contributed by atoms with Gasteiger partial charge in [-0.25, -0.2) is 0 Å². The lowest BCUT2D eigenvalue weighted by atomic mass is 10.4. The van der Waals surface area contributed by atoms with Gasteiger partial charge in [0.05, 0.1) is 0 Å². The van der Waals surface area contributed by atoms with E-state index in [-0.39, 0.29) is 5.78 Å². The van der Waals surface area contributed by atoms with E-state index in [1.54, 1.807) is 17.1 Å². The summed E-state index contributed by atoms with van der Waals surface area (Å²) in [5.74, 6) is 0.0654. The molecule has 0 aliphatic heterocycles. The Morgan fingerprint density at radius 1 is 1.50 bits per heavy atom. The highest BCUT2D eigenvalue weighted by Gasteiger charge is 1.75. The van der Waals surface area contributed by atoms with E-state index in [9.17, 15) is 4.79 Å². The standard InChI is InChI=1S/C6H7BrO/c1-6(8)4-2-3-5-7/h2-5H,1H3/b4-2-,5-3-. The van der Waals surface area contributed by atoms with E-state index >= 15 is 0 Å². The van der Waals surface area contributed by atoms with Gasteiger partial charge >= 0.3 is 0 Å². The molecule has 0 bridgehead atoms. The summed E-state index contributed by atoms with van der Waals surface area (Å²) in [4.78, 5) is 11.9. The summed E-state index contributed by atoms with van der Waals surface area (Å²) in [5, 5.41) is 0. The molecule has 0 heterocycles. The van der Waals surface area contributed by atoms with Crippen molar-refractivity contribution >= 4 is 21.7 Å². The smallest absolute Gasteiger partial charge is 0.152 e. The molecule has 8 heavy (non-hydrogen) atoms. The molecule has 1 nitrogen and oxygen atoms in total. The normalized spacial score (nSPS) is 11.2. The first-order valence-electron chi connectivity index (χ1n) is 2.21. The predicted octanol–water partition coefficient (Wildman–Crippen LogP) is 2.04. The fraction of sp³-hybridized carbons (Fsp3) is 0.167.